The monoisotopic (exact) mass is 478 g/mol. The Balaban J connectivity index is 1.35. The lowest BCUT2D eigenvalue weighted by Crippen LogP contribution is -2.48. The van der Waals surface area contributed by atoms with Gasteiger partial charge in [-0.3, -0.25) is 9.89 Å². The highest BCUT2D eigenvalue weighted by Crippen LogP contribution is 2.29. The molecule has 1 aliphatic rings. The van der Waals surface area contributed by atoms with Crippen LogP contribution in [0.15, 0.2) is 48.5 Å². The van der Waals surface area contributed by atoms with Crippen LogP contribution in [0.25, 0.3) is 11.3 Å². The Morgan fingerprint density at radius 1 is 1.09 bits per heavy atom. The first kappa shape index (κ1) is 24.4. The van der Waals surface area contributed by atoms with Crippen molar-refractivity contribution in [2.75, 3.05) is 38.3 Å². The lowest BCUT2D eigenvalue weighted by atomic mass is 10.0. The van der Waals surface area contributed by atoms with Crippen LogP contribution in [-0.4, -0.2) is 55.6 Å². The smallest absolute Gasteiger partial charge is 0.224 e. The summed E-state index contributed by atoms with van der Waals surface area (Å²) in [5.74, 6) is 3.10. The molecule has 8 heteroatoms. The van der Waals surface area contributed by atoms with Gasteiger partial charge in [-0.05, 0) is 74.2 Å². The SMILES string of the molecule is CCOc1ccc(CC(=O)N[C@H]2CCCN(c3cc(-c4ccc(OC)cc4)[nH]n3)C2)cc1OCC. The summed E-state index contributed by atoms with van der Waals surface area (Å²) in [5.41, 5.74) is 2.90. The number of aromatic nitrogens is 2. The van der Waals surface area contributed by atoms with Crippen molar-refractivity contribution in [1.29, 1.82) is 0 Å². The van der Waals surface area contributed by atoms with E-state index in [1.165, 1.54) is 0 Å². The van der Waals surface area contributed by atoms with Crippen molar-refractivity contribution in [2.24, 2.45) is 0 Å². The maximum atomic E-state index is 12.8. The number of methoxy groups -OCH3 is 1. The molecule has 1 fully saturated rings. The molecule has 1 atom stereocenters. The van der Waals surface area contributed by atoms with E-state index in [-0.39, 0.29) is 11.9 Å². The maximum absolute atomic E-state index is 12.8. The van der Waals surface area contributed by atoms with Crippen molar-refractivity contribution in [2.45, 2.75) is 39.2 Å². The van der Waals surface area contributed by atoms with Crippen molar-refractivity contribution in [3.63, 3.8) is 0 Å². The van der Waals surface area contributed by atoms with E-state index in [2.05, 4.69) is 26.5 Å². The van der Waals surface area contributed by atoms with Gasteiger partial charge in [0.15, 0.2) is 17.3 Å². The van der Waals surface area contributed by atoms with Crippen LogP contribution < -0.4 is 24.4 Å². The Morgan fingerprint density at radius 2 is 1.86 bits per heavy atom. The van der Waals surface area contributed by atoms with Crippen molar-refractivity contribution in [1.82, 2.24) is 15.5 Å². The molecule has 0 aliphatic carbocycles. The van der Waals surface area contributed by atoms with Gasteiger partial charge >= 0.3 is 0 Å². The predicted molar refractivity (Wildman–Crippen MR) is 136 cm³/mol. The van der Waals surface area contributed by atoms with Crippen LogP contribution in [0.4, 0.5) is 5.82 Å². The topological polar surface area (TPSA) is 88.7 Å². The number of nitrogens with zero attached hydrogens (tertiary/aromatic N) is 2. The molecule has 2 heterocycles. The molecule has 1 aliphatic heterocycles. The number of piperidine rings is 1. The average molecular weight is 479 g/mol. The molecular formula is C27H34N4O4. The van der Waals surface area contributed by atoms with E-state index in [4.69, 9.17) is 14.2 Å². The zero-order valence-corrected chi connectivity index (χ0v) is 20.7. The summed E-state index contributed by atoms with van der Waals surface area (Å²) >= 11 is 0. The summed E-state index contributed by atoms with van der Waals surface area (Å²) in [4.78, 5) is 15.0. The second-order valence-corrected chi connectivity index (χ2v) is 8.54. The minimum Gasteiger partial charge on any atom is -0.497 e. The van der Waals surface area contributed by atoms with Crippen LogP contribution in [0.3, 0.4) is 0 Å². The molecule has 4 rings (SSSR count). The molecular weight excluding hydrogens is 444 g/mol. The van der Waals surface area contributed by atoms with Gasteiger partial charge in [0, 0.05) is 25.2 Å². The average Bonchev–Trinajstić information content (AvgIpc) is 3.36. The van der Waals surface area contributed by atoms with Gasteiger partial charge in [-0.1, -0.05) is 6.07 Å². The molecule has 3 aromatic rings. The molecule has 1 saturated heterocycles. The molecule has 0 bridgehead atoms. The number of aromatic amines is 1. The summed E-state index contributed by atoms with van der Waals surface area (Å²) in [7, 11) is 1.66. The number of hydrogen-bond acceptors (Lipinski definition) is 6. The normalized spacial score (nSPS) is 15.5. The molecule has 1 amide bonds. The predicted octanol–water partition coefficient (Wildman–Crippen LogP) is 4.21. The fourth-order valence-electron chi connectivity index (χ4n) is 4.36. The van der Waals surface area contributed by atoms with Crippen molar-refractivity contribution >= 4 is 11.7 Å². The Bertz CT molecular complexity index is 1110. The molecule has 0 saturated carbocycles. The van der Waals surface area contributed by atoms with E-state index in [1.807, 2.05) is 56.3 Å². The number of benzene rings is 2. The van der Waals surface area contributed by atoms with Crippen LogP contribution in [0.5, 0.6) is 17.2 Å². The summed E-state index contributed by atoms with van der Waals surface area (Å²) in [6.45, 7) is 6.62. The van der Waals surface area contributed by atoms with E-state index in [9.17, 15) is 4.79 Å². The Hall–Kier alpha value is -3.68. The highest BCUT2D eigenvalue weighted by atomic mass is 16.5. The highest BCUT2D eigenvalue weighted by Gasteiger charge is 2.23. The molecule has 1 aromatic heterocycles. The summed E-state index contributed by atoms with van der Waals surface area (Å²) in [5, 5.41) is 10.9. The molecule has 0 unspecified atom stereocenters. The molecule has 186 valence electrons. The third-order valence-electron chi connectivity index (χ3n) is 6.05. The lowest BCUT2D eigenvalue weighted by Gasteiger charge is -2.33. The zero-order valence-electron chi connectivity index (χ0n) is 20.7. The zero-order chi connectivity index (χ0) is 24.6. The Kier molecular flexibility index (Phi) is 8.13. The minimum absolute atomic E-state index is 0.00408. The van der Waals surface area contributed by atoms with Gasteiger partial charge in [0.2, 0.25) is 5.91 Å². The second-order valence-electron chi connectivity index (χ2n) is 8.54. The van der Waals surface area contributed by atoms with Gasteiger partial charge in [-0.15, -0.1) is 0 Å². The van der Waals surface area contributed by atoms with Gasteiger partial charge in [0.25, 0.3) is 0 Å². The van der Waals surface area contributed by atoms with E-state index in [0.717, 1.165) is 54.3 Å². The van der Waals surface area contributed by atoms with Crippen molar-refractivity contribution in [3.8, 4) is 28.5 Å². The molecule has 35 heavy (non-hydrogen) atoms. The molecule has 8 nitrogen and oxygen atoms in total. The first-order valence-corrected chi connectivity index (χ1v) is 12.2. The summed E-state index contributed by atoms with van der Waals surface area (Å²) in [6, 6.07) is 15.7. The van der Waals surface area contributed by atoms with Crippen LogP contribution in [0, 0.1) is 0 Å². The molecule has 0 spiro atoms. The number of hydrogen-bond donors (Lipinski definition) is 2. The molecule has 2 N–H and O–H groups in total. The standard InChI is InChI=1S/C27H34N4O4/c1-4-34-24-13-8-19(15-25(24)35-5-2)16-27(32)28-21-7-6-14-31(18-21)26-17-23(29-30-26)20-9-11-22(33-3)12-10-20/h8-13,15,17,21H,4-7,14,16,18H2,1-3H3,(H,28,32)(H,29,30)/t21-/m0/s1. The number of H-pyrrole nitrogens is 1. The first-order valence-electron chi connectivity index (χ1n) is 12.2. The van der Waals surface area contributed by atoms with E-state index in [0.29, 0.717) is 31.1 Å². The lowest BCUT2D eigenvalue weighted by molar-refractivity contribution is -0.121. The van der Waals surface area contributed by atoms with Crippen LogP contribution >= 0.6 is 0 Å². The van der Waals surface area contributed by atoms with Crippen molar-refractivity contribution in [3.05, 3.63) is 54.1 Å². The number of carbonyl (C=O) groups is 1. The second kappa shape index (κ2) is 11.6. The van der Waals surface area contributed by atoms with Gasteiger partial charge in [0.05, 0.1) is 32.4 Å². The first-order chi connectivity index (χ1) is 17.1. The fourth-order valence-corrected chi connectivity index (χ4v) is 4.36. The molecule has 2 aromatic carbocycles. The third-order valence-corrected chi connectivity index (χ3v) is 6.05. The maximum Gasteiger partial charge on any atom is 0.224 e. The number of anilines is 1. The van der Waals surface area contributed by atoms with Crippen LogP contribution in [-0.2, 0) is 11.2 Å². The van der Waals surface area contributed by atoms with Gasteiger partial charge in [-0.25, -0.2) is 0 Å². The quantitative estimate of drug-likeness (QED) is 0.454. The largest absolute Gasteiger partial charge is 0.497 e. The van der Waals surface area contributed by atoms with Crippen LogP contribution in [0.2, 0.25) is 0 Å². The molecule has 0 radical (unpaired) electrons. The van der Waals surface area contributed by atoms with E-state index in [1.54, 1.807) is 7.11 Å². The summed E-state index contributed by atoms with van der Waals surface area (Å²) < 4.78 is 16.5. The van der Waals surface area contributed by atoms with E-state index < -0.39 is 0 Å². The number of rotatable bonds is 10. The Morgan fingerprint density at radius 3 is 2.60 bits per heavy atom. The van der Waals surface area contributed by atoms with Crippen LogP contribution in [0.1, 0.15) is 32.3 Å². The number of nitrogens with one attached hydrogen (secondary N) is 2. The number of carbonyl (C=O) groups excluding carboxylic acids is 1. The minimum atomic E-state index is 0.00408. The van der Waals surface area contributed by atoms with Gasteiger partial charge in [0.1, 0.15) is 5.75 Å². The number of amides is 1. The number of ether oxygens (including phenoxy) is 3. The van der Waals surface area contributed by atoms with Gasteiger partial charge in [-0.2, -0.15) is 5.10 Å². The third kappa shape index (κ3) is 6.26. The van der Waals surface area contributed by atoms with Crippen molar-refractivity contribution < 1.29 is 19.0 Å². The highest BCUT2D eigenvalue weighted by molar-refractivity contribution is 5.79. The Labute approximate surface area is 206 Å². The summed E-state index contributed by atoms with van der Waals surface area (Å²) in [6.07, 6.45) is 2.24. The van der Waals surface area contributed by atoms with E-state index >= 15 is 0 Å². The van der Waals surface area contributed by atoms with Gasteiger partial charge < -0.3 is 24.4 Å². The fraction of sp³-hybridized carbons (Fsp3) is 0.407.